The quantitative estimate of drug-likeness (QED) is 0.335. The van der Waals surface area contributed by atoms with Crippen LogP contribution >= 0.6 is 0 Å². The van der Waals surface area contributed by atoms with E-state index in [-0.39, 0.29) is 22.9 Å². The van der Waals surface area contributed by atoms with Gasteiger partial charge in [-0.3, -0.25) is 24.5 Å². The van der Waals surface area contributed by atoms with E-state index in [0.717, 1.165) is 17.0 Å². The highest BCUT2D eigenvalue weighted by Crippen LogP contribution is 2.48. The fraction of sp³-hybridized carbons (Fsp3) is 0.167. The Morgan fingerprint density at radius 2 is 1.66 bits per heavy atom. The second-order valence-electron chi connectivity index (χ2n) is 8.02. The normalized spacial score (nSPS) is 21.4. The summed E-state index contributed by atoms with van der Waals surface area (Å²) in [5.41, 5.74) is 0.970. The molecule has 2 heterocycles. The van der Waals surface area contributed by atoms with Crippen LogP contribution in [-0.2, 0) is 14.4 Å². The molecule has 0 spiro atoms. The average molecular weight is 479 g/mol. The number of rotatable bonds is 5. The summed E-state index contributed by atoms with van der Waals surface area (Å²) < 4.78 is 18.6. The van der Waals surface area contributed by atoms with Gasteiger partial charge in [0.25, 0.3) is 11.6 Å². The highest BCUT2D eigenvalue weighted by Gasteiger charge is 2.60. The summed E-state index contributed by atoms with van der Waals surface area (Å²) in [5.74, 6) is -2.63. The smallest absolute Gasteiger partial charge is 0.269 e. The molecule has 2 fully saturated rings. The Morgan fingerprint density at radius 1 is 1.00 bits per heavy atom. The van der Waals surface area contributed by atoms with Crippen LogP contribution in [0.2, 0.25) is 0 Å². The number of hydrogen-bond acceptors (Lipinski definition) is 8. The van der Waals surface area contributed by atoms with Crippen LogP contribution in [0.15, 0.2) is 66.7 Å². The summed E-state index contributed by atoms with van der Waals surface area (Å²) in [6, 6.07) is 14.1. The Kier molecular flexibility index (Phi) is 5.33. The molecule has 5 rings (SSSR count). The lowest BCUT2D eigenvalue weighted by atomic mass is 9.90. The fourth-order valence-electron chi connectivity index (χ4n) is 4.42. The van der Waals surface area contributed by atoms with E-state index in [4.69, 9.17) is 9.57 Å². The van der Waals surface area contributed by atoms with Crippen molar-refractivity contribution >= 4 is 28.9 Å². The lowest BCUT2D eigenvalue weighted by molar-refractivity contribution is -0.384. The summed E-state index contributed by atoms with van der Waals surface area (Å²) >= 11 is 0. The van der Waals surface area contributed by atoms with Gasteiger partial charge in [0.05, 0.1) is 29.4 Å². The molecule has 0 aliphatic carbocycles. The topological polar surface area (TPSA) is 122 Å². The number of carbonyl (C=O) groups excluding carboxylic acids is 2. The fourth-order valence-corrected chi connectivity index (χ4v) is 4.42. The predicted octanol–water partition coefficient (Wildman–Crippen LogP) is 3.50. The summed E-state index contributed by atoms with van der Waals surface area (Å²) in [5, 5.41) is 22.5. The van der Waals surface area contributed by atoms with E-state index in [1.165, 1.54) is 60.7 Å². The molecule has 0 unspecified atom stereocenters. The molecule has 1 N–H and O–H groups in total. The number of benzene rings is 3. The van der Waals surface area contributed by atoms with Crippen LogP contribution < -0.4 is 14.7 Å². The van der Waals surface area contributed by atoms with Crippen LogP contribution in [-0.4, -0.2) is 35.1 Å². The third kappa shape index (κ3) is 3.62. The summed E-state index contributed by atoms with van der Waals surface area (Å²) in [6.45, 7) is 0. The molecule has 35 heavy (non-hydrogen) atoms. The van der Waals surface area contributed by atoms with Gasteiger partial charge in [0.1, 0.15) is 11.7 Å². The molecular weight excluding hydrogens is 461 g/mol. The van der Waals surface area contributed by atoms with Crippen LogP contribution in [0.5, 0.6) is 11.5 Å². The van der Waals surface area contributed by atoms with Crippen molar-refractivity contribution in [2.24, 2.45) is 5.92 Å². The number of nitro benzene ring substituents is 1. The number of phenols is 1. The number of non-ortho nitro benzene ring substituents is 1. The second-order valence-corrected chi connectivity index (χ2v) is 8.02. The first kappa shape index (κ1) is 22.3. The van der Waals surface area contributed by atoms with Crippen molar-refractivity contribution in [2.45, 2.75) is 12.1 Å². The zero-order valence-corrected chi connectivity index (χ0v) is 18.2. The van der Waals surface area contributed by atoms with Gasteiger partial charge in [-0.15, -0.1) is 0 Å². The molecule has 0 saturated carbocycles. The zero-order valence-electron chi connectivity index (χ0n) is 18.2. The number of nitro groups is 1. The van der Waals surface area contributed by atoms with Crippen LogP contribution in [0.4, 0.5) is 21.5 Å². The van der Waals surface area contributed by atoms with Crippen molar-refractivity contribution in [1.82, 2.24) is 0 Å². The minimum absolute atomic E-state index is 0.115. The third-order valence-corrected chi connectivity index (χ3v) is 6.06. The van der Waals surface area contributed by atoms with Gasteiger partial charge in [0.2, 0.25) is 5.91 Å². The predicted molar refractivity (Wildman–Crippen MR) is 120 cm³/mol. The van der Waals surface area contributed by atoms with Gasteiger partial charge in [-0.25, -0.2) is 14.4 Å². The molecule has 2 aliphatic rings. The van der Waals surface area contributed by atoms with Crippen molar-refractivity contribution in [3.05, 3.63) is 88.2 Å². The maximum atomic E-state index is 13.5. The second kappa shape index (κ2) is 8.37. The van der Waals surface area contributed by atoms with Gasteiger partial charge in [0, 0.05) is 12.1 Å². The molecule has 2 amide bonds. The lowest BCUT2D eigenvalue weighted by Crippen LogP contribution is -2.37. The SMILES string of the molecule is COc1cc([C@@H]2[C@H]3C(=O)N(c4ccc(F)cc4)C(=O)[C@@H]3ON2c2ccc([N+](=O)[O-])cc2)ccc1O. The highest BCUT2D eigenvalue weighted by atomic mass is 19.1. The number of amides is 2. The summed E-state index contributed by atoms with van der Waals surface area (Å²) in [6.07, 6.45) is -1.19. The number of fused-ring (bicyclic) bond motifs is 1. The van der Waals surface area contributed by atoms with Crippen LogP contribution in [0.25, 0.3) is 0 Å². The van der Waals surface area contributed by atoms with E-state index in [0.29, 0.717) is 11.3 Å². The number of hydroxylamine groups is 1. The molecule has 10 nitrogen and oxygen atoms in total. The molecule has 11 heteroatoms. The first-order valence-electron chi connectivity index (χ1n) is 10.5. The number of nitrogens with zero attached hydrogens (tertiary/aromatic N) is 3. The van der Waals surface area contributed by atoms with Gasteiger partial charge in [-0.2, -0.15) is 0 Å². The van der Waals surface area contributed by atoms with Gasteiger partial charge in [-0.1, -0.05) is 6.07 Å². The molecule has 178 valence electrons. The van der Waals surface area contributed by atoms with E-state index in [2.05, 4.69) is 0 Å². The van der Waals surface area contributed by atoms with Crippen molar-refractivity contribution in [1.29, 1.82) is 0 Å². The van der Waals surface area contributed by atoms with Gasteiger partial charge in [-0.05, 0) is 54.1 Å². The number of carbonyl (C=O) groups is 2. The molecule has 3 aromatic carbocycles. The zero-order chi connectivity index (χ0) is 24.9. The third-order valence-electron chi connectivity index (χ3n) is 6.06. The number of methoxy groups -OCH3 is 1. The average Bonchev–Trinajstić information content (AvgIpc) is 3.36. The number of phenolic OH excluding ortho intramolecular Hbond substituents is 1. The number of anilines is 2. The van der Waals surface area contributed by atoms with Crippen LogP contribution in [0.3, 0.4) is 0 Å². The van der Waals surface area contributed by atoms with Gasteiger partial charge < -0.3 is 9.84 Å². The Labute approximate surface area is 197 Å². The van der Waals surface area contributed by atoms with Gasteiger partial charge >= 0.3 is 0 Å². The molecular formula is C24H18FN3O7. The van der Waals surface area contributed by atoms with Crippen molar-refractivity contribution in [2.75, 3.05) is 17.1 Å². The summed E-state index contributed by atoms with van der Waals surface area (Å²) in [7, 11) is 1.38. The van der Waals surface area contributed by atoms with E-state index in [9.17, 15) is 29.2 Å². The largest absolute Gasteiger partial charge is 0.504 e. The molecule has 3 atom stereocenters. The highest BCUT2D eigenvalue weighted by molar-refractivity contribution is 6.23. The Balaban J connectivity index is 1.59. The molecule has 3 aromatic rings. The first-order chi connectivity index (χ1) is 16.8. The van der Waals surface area contributed by atoms with E-state index >= 15 is 0 Å². The summed E-state index contributed by atoms with van der Waals surface area (Å²) in [4.78, 5) is 44.3. The first-order valence-corrected chi connectivity index (χ1v) is 10.5. The number of halogens is 1. The maximum absolute atomic E-state index is 13.5. The minimum Gasteiger partial charge on any atom is -0.504 e. The van der Waals surface area contributed by atoms with Gasteiger partial charge in [0.15, 0.2) is 17.6 Å². The van der Waals surface area contributed by atoms with Crippen molar-refractivity contribution in [3.8, 4) is 11.5 Å². The Morgan fingerprint density at radius 3 is 2.29 bits per heavy atom. The van der Waals surface area contributed by atoms with Crippen LogP contribution in [0, 0.1) is 21.8 Å². The molecule has 0 aromatic heterocycles. The molecule has 2 saturated heterocycles. The van der Waals surface area contributed by atoms with Crippen molar-refractivity contribution in [3.63, 3.8) is 0 Å². The number of imide groups is 1. The van der Waals surface area contributed by atoms with E-state index in [1.54, 1.807) is 6.07 Å². The molecule has 0 bridgehead atoms. The molecule has 0 radical (unpaired) electrons. The number of hydrogen-bond donors (Lipinski definition) is 1. The van der Waals surface area contributed by atoms with E-state index < -0.39 is 40.6 Å². The van der Waals surface area contributed by atoms with E-state index in [1.807, 2.05) is 0 Å². The minimum atomic E-state index is -1.19. The Bertz CT molecular complexity index is 1330. The molecule has 2 aliphatic heterocycles. The number of aromatic hydroxyl groups is 1. The van der Waals surface area contributed by atoms with Crippen LogP contribution in [0.1, 0.15) is 11.6 Å². The van der Waals surface area contributed by atoms with Crippen molar-refractivity contribution < 1.29 is 33.6 Å². The lowest BCUT2D eigenvalue weighted by Gasteiger charge is -2.29. The maximum Gasteiger partial charge on any atom is 0.269 e. The standard InChI is InChI=1S/C24H18FN3O7/c1-34-19-12-13(2-11-18(19)29)21-20-22(35-27(21)16-7-9-17(10-8-16)28(32)33)24(31)26(23(20)30)15-5-3-14(25)4-6-15/h2-12,20-22,29H,1H3/t20-,21-,22-/m1/s1. The number of ether oxygens (including phenoxy) is 1. The Hall–Kier alpha value is -4.51. The monoisotopic (exact) mass is 479 g/mol.